The minimum absolute atomic E-state index is 0.0406. The van der Waals surface area contributed by atoms with Gasteiger partial charge in [-0.1, -0.05) is 18.2 Å². The Bertz CT molecular complexity index is 755. The highest BCUT2D eigenvalue weighted by Crippen LogP contribution is 2.32. The zero-order chi connectivity index (χ0) is 16.6. The summed E-state index contributed by atoms with van der Waals surface area (Å²) in [6, 6.07) is 10.9. The lowest BCUT2D eigenvalue weighted by molar-refractivity contribution is -0.126. The number of para-hydroxylation sites is 1. The number of carbonyl (C=O) groups excluding carboxylic acids is 2. The molecule has 2 heterocycles. The van der Waals surface area contributed by atoms with Gasteiger partial charge in [0.1, 0.15) is 0 Å². The number of nitrogens with zero attached hydrogens (tertiary/aromatic N) is 1. The van der Waals surface area contributed by atoms with E-state index in [1.165, 1.54) is 6.07 Å². The predicted molar refractivity (Wildman–Crippen MR) is 88.4 cm³/mol. The van der Waals surface area contributed by atoms with Crippen LogP contribution in [0.2, 0.25) is 0 Å². The number of carbonyl (C=O) groups is 2. The number of benzene rings is 1. The summed E-state index contributed by atoms with van der Waals surface area (Å²) in [5.41, 5.74) is 2.01. The van der Waals surface area contributed by atoms with E-state index in [1.54, 1.807) is 17.9 Å². The maximum absolute atomic E-state index is 12.7. The third kappa shape index (κ3) is 3.03. The van der Waals surface area contributed by atoms with Crippen LogP contribution in [0.5, 0.6) is 0 Å². The molecule has 1 amide bonds. The SMILES string of the molecule is C[C@@H]1Cc2ccccc2N1C(=O)[C@@H](C)OC(=O)c1ccc(Br)o1. The first-order valence-corrected chi connectivity index (χ1v) is 8.14. The number of halogens is 1. The van der Waals surface area contributed by atoms with E-state index in [4.69, 9.17) is 9.15 Å². The molecule has 0 aliphatic carbocycles. The number of hydrogen-bond donors (Lipinski definition) is 0. The van der Waals surface area contributed by atoms with Gasteiger partial charge in [-0.25, -0.2) is 4.79 Å². The highest BCUT2D eigenvalue weighted by atomic mass is 79.9. The number of esters is 1. The fraction of sp³-hybridized carbons (Fsp3) is 0.294. The van der Waals surface area contributed by atoms with Crippen LogP contribution in [0.3, 0.4) is 0 Å². The molecular formula is C17H16BrNO4. The van der Waals surface area contributed by atoms with E-state index in [9.17, 15) is 9.59 Å². The fourth-order valence-corrected chi connectivity index (χ4v) is 3.10. The van der Waals surface area contributed by atoms with Crippen LogP contribution in [-0.4, -0.2) is 24.0 Å². The summed E-state index contributed by atoms with van der Waals surface area (Å²) >= 11 is 3.13. The molecule has 3 rings (SSSR count). The number of anilines is 1. The van der Waals surface area contributed by atoms with Crippen molar-refractivity contribution in [1.82, 2.24) is 0 Å². The Morgan fingerprint density at radius 1 is 1.30 bits per heavy atom. The van der Waals surface area contributed by atoms with Crippen molar-refractivity contribution in [3.8, 4) is 0 Å². The van der Waals surface area contributed by atoms with Crippen LogP contribution in [0.4, 0.5) is 5.69 Å². The van der Waals surface area contributed by atoms with Gasteiger partial charge in [0.2, 0.25) is 5.76 Å². The zero-order valence-corrected chi connectivity index (χ0v) is 14.4. The summed E-state index contributed by atoms with van der Waals surface area (Å²) in [4.78, 5) is 26.4. The van der Waals surface area contributed by atoms with Crippen molar-refractivity contribution in [1.29, 1.82) is 0 Å². The third-order valence-corrected chi connectivity index (χ3v) is 4.28. The Labute approximate surface area is 142 Å². The van der Waals surface area contributed by atoms with Gasteiger partial charge in [0, 0.05) is 11.7 Å². The van der Waals surface area contributed by atoms with Crippen molar-refractivity contribution in [3.05, 3.63) is 52.4 Å². The summed E-state index contributed by atoms with van der Waals surface area (Å²) in [5.74, 6) is -0.829. The Morgan fingerprint density at radius 3 is 2.74 bits per heavy atom. The number of amides is 1. The van der Waals surface area contributed by atoms with E-state index in [1.807, 2.05) is 31.2 Å². The average Bonchev–Trinajstić information content (AvgIpc) is 3.09. The number of rotatable bonds is 3. The first kappa shape index (κ1) is 15.8. The van der Waals surface area contributed by atoms with E-state index in [0.717, 1.165) is 17.7 Å². The van der Waals surface area contributed by atoms with Gasteiger partial charge < -0.3 is 14.1 Å². The minimum atomic E-state index is -0.889. The van der Waals surface area contributed by atoms with Crippen LogP contribution in [0, 0.1) is 0 Å². The molecule has 2 atom stereocenters. The molecule has 0 N–H and O–H groups in total. The fourth-order valence-electron chi connectivity index (χ4n) is 2.79. The molecule has 0 spiro atoms. The Morgan fingerprint density at radius 2 is 2.04 bits per heavy atom. The Kier molecular flexibility index (Phi) is 4.26. The van der Waals surface area contributed by atoms with Crippen LogP contribution in [0.15, 0.2) is 45.5 Å². The number of hydrogen-bond acceptors (Lipinski definition) is 4. The van der Waals surface area contributed by atoms with Gasteiger partial charge >= 0.3 is 5.97 Å². The second kappa shape index (κ2) is 6.20. The van der Waals surface area contributed by atoms with Gasteiger partial charge in [-0.15, -0.1) is 0 Å². The second-order valence-electron chi connectivity index (χ2n) is 5.54. The maximum atomic E-state index is 12.7. The van der Waals surface area contributed by atoms with Crippen LogP contribution < -0.4 is 4.90 Å². The van der Waals surface area contributed by atoms with Crippen molar-refractivity contribution in [3.63, 3.8) is 0 Å². The molecule has 2 aromatic rings. The van der Waals surface area contributed by atoms with Crippen LogP contribution in [0.25, 0.3) is 0 Å². The number of fused-ring (bicyclic) bond motifs is 1. The minimum Gasteiger partial charge on any atom is -0.447 e. The third-order valence-electron chi connectivity index (χ3n) is 3.85. The smallest absolute Gasteiger partial charge is 0.375 e. The van der Waals surface area contributed by atoms with Crippen molar-refractivity contribution < 1.29 is 18.7 Å². The van der Waals surface area contributed by atoms with Gasteiger partial charge in [0.05, 0.1) is 0 Å². The van der Waals surface area contributed by atoms with Crippen molar-refractivity contribution >= 4 is 33.5 Å². The molecule has 0 saturated heterocycles. The molecule has 0 unspecified atom stereocenters. The molecule has 6 heteroatoms. The van der Waals surface area contributed by atoms with Crippen molar-refractivity contribution in [2.24, 2.45) is 0 Å². The Balaban J connectivity index is 1.74. The van der Waals surface area contributed by atoms with Crippen LogP contribution in [0.1, 0.15) is 30.0 Å². The van der Waals surface area contributed by atoms with Crippen molar-refractivity contribution in [2.75, 3.05) is 4.90 Å². The maximum Gasteiger partial charge on any atom is 0.375 e. The molecule has 1 aliphatic rings. The van der Waals surface area contributed by atoms with E-state index in [2.05, 4.69) is 15.9 Å². The molecule has 23 heavy (non-hydrogen) atoms. The number of furan rings is 1. The normalized spacial score (nSPS) is 17.7. The summed E-state index contributed by atoms with van der Waals surface area (Å²) in [6.45, 7) is 3.56. The lowest BCUT2D eigenvalue weighted by Gasteiger charge is -2.25. The standard InChI is InChI=1S/C17H16BrNO4/c1-10-9-12-5-3-4-6-13(12)19(10)16(20)11(2)22-17(21)14-7-8-15(18)23-14/h3-8,10-11H,9H2,1-2H3/t10-,11-/m1/s1. The summed E-state index contributed by atoms with van der Waals surface area (Å²) in [7, 11) is 0. The highest BCUT2D eigenvalue weighted by Gasteiger charge is 2.34. The van der Waals surface area contributed by atoms with E-state index in [-0.39, 0.29) is 17.7 Å². The lowest BCUT2D eigenvalue weighted by atomic mass is 10.1. The molecule has 0 bridgehead atoms. The topological polar surface area (TPSA) is 59.8 Å². The molecule has 0 saturated carbocycles. The summed E-state index contributed by atoms with van der Waals surface area (Å²) < 4.78 is 10.8. The van der Waals surface area contributed by atoms with E-state index in [0.29, 0.717) is 4.67 Å². The Hall–Kier alpha value is -2.08. The van der Waals surface area contributed by atoms with Crippen LogP contribution in [-0.2, 0) is 16.0 Å². The molecule has 1 aromatic carbocycles. The quantitative estimate of drug-likeness (QED) is 0.767. The average molecular weight is 378 g/mol. The van der Waals surface area contributed by atoms with E-state index < -0.39 is 12.1 Å². The molecule has 0 radical (unpaired) electrons. The van der Waals surface area contributed by atoms with Gasteiger partial charge in [0.25, 0.3) is 5.91 Å². The molecule has 1 aliphatic heterocycles. The van der Waals surface area contributed by atoms with Gasteiger partial charge in [-0.2, -0.15) is 0 Å². The summed E-state index contributed by atoms with van der Waals surface area (Å²) in [5, 5.41) is 0. The zero-order valence-electron chi connectivity index (χ0n) is 12.8. The lowest BCUT2D eigenvalue weighted by Crippen LogP contribution is -2.43. The number of ether oxygens (including phenoxy) is 1. The monoisotopic (exact) mass is 377 g/mol. The predicted octanol–water partition coefficient (Wildman–Crippen LogP) is 3.57. The first-order valence-electron chi connectivity index (χ1n) is 7.34. The first-order chi connectivity index (χ1) is 11.0. The van der Waals surface area contributed by atoms with Gasteiger partial charge in [-0.3, -0.25) is 4.79 Å². The van der Waals surface area contributed by atoms with Gasteiger partial charge in [-0.05, 0) is 60.0 Å². The van der Waals surface area contributed by atoms with E-state index >= 15 is 0 Å². The van der Waals surface area contributed by atoms with Gasteiger partial charge in [0.15, 0.2) is 10.8 Å². The largest absolute Gasteiger partial charge is 0.447 e. The molecule has 1 aromatic heterocycles. The summed E-state index contributed by atoms with van der Waals surface area (Å²) in [6.07, 6.45) is -0.0896. The molecule has 0 fully saturated rings. The molecule has 120 valence electrons. The second-order valence-corrected chi connectivity index (χ2v) is 6.32. The molecule has 5 nitrogen and oxygen atoms in total. The van der Waals surface area contributed by atoms with Crippen LogP contribution >= 0.6 is 15.9 Å². The van der Waals surface area contributed by atoms with Crippen molar-refractivity contribution in [2.45, 2.75) is 32.4 Å². The highest BCUT2D eigenvalue weighted by molar-refractivity contribution is 9.10. The molecular weight excluding hydrogens is 362 g/mol.